The van der Waals surface area contributed by atoms with Crippen LogP contribution in [-0.2, 0) is 4.79 Å². The second-order valence-corrected chi connectivity index (χ2v) is 7.73. The highest BCUT2D eigenvalue weighted by atomic mass is 16.5. The van der Waals surface area contributed by atoms with Gasteiger partial charge in [-0.2, -0.15) is 14.9 Å². The molecule has 0 saturated heterocycles. The number of phenols is 1. The van der Waals surface area contributed by atoms with Crippen LogP contribution in [0.2, 0.25) is 0 Å². The van der Waals surface area contributed by atoms with Crippen molar-refractivity contribution in [2.75, 3.05) is 11.9 Å². The number of carbonyl (C=O) groups is 1. The Morgan fingerprint density at radius 3 is 2.82 bits per heavy atom. The molecule has 3 heterocycles. The molecular formula is C24H22N6O3. The number of benzene rings is 2. The fraction of sp³-hybridized carbons (Fsp3) is 0.208. The summed E-state index contributed by atoms with van der Waals surface area (Å²) in [5.41, 5.74) is 4.03. The molecule has 2 aromatic carbocycles. The molecule has 33 heavy (non-hydrogen) atoms. The average molecular weight is 442 g/mol. The lowest BCUT2D eigenvalue weighted by Gasteiger charge is -2.24. The number of aryl methyl sites for hydroxylation is 1. The SMILES string of the molecule is CCOc1cc(C2CC(=O)Nc3c2c(C)nn3-c2nncc(-c3ccccc3)n2)ccc1O. The molecule has 1 unspecified atom stereocenters. The van der Waals surface area contributed by atoms with Crippen molar-refractivity contribution in [2.24, 2.45) is 0 Å². The van der Waals surface area contributed by atoms with Crippen LogP contribution < -0.4 is 10.1 Å². The lowest BCUT2D eigenvalue weighted by atomic mass is 9.85. The largest absolute Gasteiger partial charge is 0.504 e. The summed E-state index contributed by atoms with van der Waals surface area (Å²) in [5, 5.41) is 25.9. The third-order valence-electron chi connectivity index (χ3n) is 5.60. The normalized spacial score (nSPS) is 15.1. The fourth-order valence-corrected chi connectivity index (χ4v) is 4.13. The molecule has 0 spiro atoms. The highest BCUT2D eigenvalue weighted by molar-refractivity contribution is 5.95. The van der Waals surface area contributed by atoms with E-state index >= 15 is 0 Å². The number of anilines is 1. The van der Waals surface area contributed by atoms with E-state index < -0.39 is 0 Å². The zero-order valence-electron chi connectivity index (χ0n) is 18.2. The zero-order valence-corrected chi connectivity index (χ0v) is 18.2. The van der Waals surface area contributed by atoms with Gasteiger partial charge in [-0.1, -0.05) is 36.4 Å². The summed E-state index contributed by atoms with van der Waals surface area (Å²) in [4.78, 5) is 17.3. The Morgan fingerprint density at radius 2 is 2.03 bits per heavy atom. The van der Waals surface area contributed by atoms with Gasteiger partial charge in [-0.25, -0.2) is 4.98 Å². The number of aromatic hydroxyl groups is 1. The first-order chi connectivity index (χ1) is 16.0. The summed E-state index contributed by atoms with van der Waals surface area (Å²) in [6, 6.07) is 14.8. The number of hydrogen-bond acceptors (Lipinski definition) is 7. The van der Waals surface area contributed by atoms with E-state index in [4.69, 9.17) is 4.74 Å². The summed E-state index contributed by atoms with van der Waals surface area (Å²) < 4.78 is 7.07. The van der Waals surface area contributed by atoms with Gasteiger partial charge in [0.1, 0.15) is 5.82 Å². The van der Waals surface area contributed by atoms with Crippen LogP contribution in [0.25, 0.3) is 17.2 Å². The van der Waals surface area contributed by atoms with E-state index in [1.165, 1.54) is 4.68 Å². The van der Waals surface area contributed by atoms with Crippen LogP contribution in [0, 0.1) is 6.92 Å². The molecule has 4 aromatic rings. The fourth-order valence-electron chi connectivity index (χ4n) is 4.13. The first-order valence-electron chi connectivity index (χ1n) is 10.7. The van der Waals surface area contributed by atoms with Crippen molar-refractivity contribution in [3.05, 3.63) is 71.5 Å². The standard InChI is InChI=1S/C24H22N6O3/c1-3-33-20-11-16(9-10-19(20)31)17-12-21(32)27-23-22(17)14(2)29-30(23)24-26-18(13-25-28-24)15-7-5-4-6-8-15/h4-11,13,17,31H,3,12H2,1-2H3,(H,27,32). The van der Waals surface area contributed by atoms with E-state index in [0.717, 1.165) is 22.4 Å². The van der Waals surface area contributed by atoms with Crippen molar-refractivity contribution in [2.45, 2.75) is 26.2 Å². The number of amides is 1. The first kappa shape index (κ1) is 20.6. The van der Waals surface area contributed by atoms with E-state index in [0.29, 0.717) is 23.9 Å². The quantitative estimate of drug-likeness (QED) is 0.485. The van der Waals surface area contributed by atoms with E-state index in [-0.39, 0.29) is 29.9 Å². The van der Waals surface area contributed by atoms with Gasteiger partial charge in [0.15, 0.2) is 11.5 Å². The van der Waals surface area contributed by atoms with Gasteiger partial charge in [0.25, 0.3) is 5.95 Å². The Bertz CT molecular complexity index is 1340. The Labute approximate surface area is 190 Å². The van der Waals surface area contributed by atoms with Crippen molar-refractivity contribution in [1.82, 2.24) is 25.0 Å². The molecule has 0 fully saturated rings. The zero-order chi connectivity index (χ0) is 22.9. The van der Waals surface area contributed by atoms with Gasteiger partial charge in [-0.3, -0.25) is 4.79 Å². The molecular weight excluding hydrogens is 420 g/mol. The lowest BCUT2D eigenvalue weighted by Crippen LogP contribution is -2.25. The molecule has 1 aliphatic rings. The van der Waals surface area contributed by atoms with Crippen molar-refractivity contribution < 1.29 is 14.6 Å². The van der Waals surface area contributed by atoms with Gasteiger partial charge in [0.05, 0.1) is 24.2 Å². The summed E-state index contributed by atoms with van der Waals surface area (Å²) in [7, 11) is 0. The minimum absolute atomic E-state index is 0.0608. The Hall–Kier alpha value is -4.27. The predicted octanol–water partition coefficient (Wildman–Crippen LogP) is 3.61. The van der Waals surface area contributed by atoms with Crippen LogP contribution in [0.5, 0.6) is 11.5 Å². The lowest BCUT2D eigenvalue weighted by molar-refractivity contribution is -0.116. The summed E-state index contributed by atoms with van der Waals surface area (Å²) in [6.07, 6.45) is 1.84. The first-order valence-corrected chi connectivity index (χ1v) is 10.7. The molecule has 9 nitrogen and oxygen atoms in total. The predicted molar refractivity (Wildman–Crippen MR) is 121 cm³/mol. The Kier molecular flexibility index (Phi) is 5.21. The van der Waals surface area contributed by atoms with Crippen LogP contribution in [0.3, 0.4) is 0 Å². The van der Waals surface area contributed by atoms with Gasteiger partial charge >= 0.3 is 0 Å². The molecule has 0 bridgehead atoms. The molecule has 1 amide bonds. The number of nitrogens with one attached hydrogen (secondary N) is 1. The smallest absolute Gasteiger partial charge is 0.272 e. The molecule has 2 aromatic heterocycles. The summed E-state index contributed by atoms with van der Waals surface area (Å²) in [6.45, 7) is 4.16. The average Bonchev–Trinajstić information content (AvgIpc) is 3.17. The van der Waals surface area contributed by atoms with Crippen LogP contribution in [0.4, 0.5) is 5.82 Å². The molecule has 5 rings (SSSR count). The Morgan fingerprint density at radius 1 is 1.21 bits per heavy atom. The number of carbonyl (C=O) groups excluding carboxylic acids is 1. The maximum absolute atomic E-state index is 12.7. The third kappa shape index (κ3) is 3.78. The van der Waals surface area contributed by atoms with Crippen LogP contribution in [0.1, 0.15) is 36.1 Å². The number of ether oxygens (including phenoxy) is 1. The van der Waals surface area contributed by atoms with E-state index in [2.05, 4.69) is 25.6 Å². The van der Waals surface area contributed by atoms with E-state index in [9.17, 15) is 9.90 Å². The van der Waals surface area contributed by atoms with Crippen LogP contribution >= 0.6 is 0 Å². The molecule has 0 saturated carbocycles. The van der Waals surface area contributed by atoms with Crippen molar-refractivity contribution in [3.8, 4) is 28.7 Å². The van der Waals surface area contributed by atoms with Crippen molar-refractivity contribution in [3.63, 3.8) is 0 Å². The number of rotatable bonds is 5. The second kappa shape index (κ2) is 8.34. The third-order valence-corrected chi connectivity index (χ3v) is 5.60. The van der Waals surface area contributed by atoms with Crippen molar-refractivity contribution in [1.29, 1.82) is 0 Å². The van der Waals surface area contributed by atoms with Gasteiger partial charge < -0.3 is 15.2 Å². The molecule has 0 radical (unpaired) electrons. The summed E-state index contributed by atoms with van der Waals surface area (Å²) in [5.74, 6) is 0.829. The Balaban J connectivity index is 1.60. The van der Waals surface area contributed by atoms with Crippen molar-refractivity contribution >= 4 is 11.7 Å². The van der Waals surface area contributed by atoms with Gasteiger partial charge in [-0.15, -0.1) is 5.10 Å². The van der Waals surface area contributed by atoms with Gasteiger partial charge in [0.2, 0.25) is 5.91 Å². The molecule has 0 aliphatic carbocycles. The topological polar surface area (TPSA) is 115 Å². The second-order valence-electron chi connectivity index (χ2n) is 7.73. The van der Waals surface area contributed by atoms with Gasteiger partial charge in [-0.05, 0) is 31.5 Å². The monoisotopic (exact) mass is 442 g/mol. The number of nitrogens with zero attached hydrogens (tertiary/aromatic N) is 5. The molecule has 9 heteroatoms. The maximum atomic E-state index is 12.7. The molecule has 2 N–H and O–H groups in total. The highest BCUT2D eigenvalue weighted by Crippen LogP contribution is 2.42. The van der Waals surface area contributed by atoms with Crippen LogP contribution in [0.15, 0.2) is 54.7 Å². The number of phenolic OH excluding ortho intramolecular Hbond substituents is 1. The van der Waals surface area contributed by atoms with Crippen LogP contribution in [-0.4, -0.2) is 42.6 Å². The summed E-state index contributed by atoms with van der Waals surface area (Å²) >= 11 is 0. The molecule has 1 aliphatic heterocycles. The van der Waals surface area contributed by atoms with E-state index in [1.54, 1.807) is 24.4 Å². The molecule has 1 atom stereocenters. The highest BCUT2D eigenvalue weighted by Gasteiger charge is 2.33. The number of hydrogen-bond donors (Lipinski definition) is 2. The van der Waals surface area contributed by atoms with E-state index in [1.807, 2.05) is 44.2 Å². The number of fused-ring (bicyclic) bond motifs is 1. The van der Waals surface area contributed by atoms with Gasteiger partial charge in [0, 0.05) is 23.5 Å². The molecule has 166 valence electrons. The number of aromatic nitrogens is 5. The maximum Gasteiger partial charge on any atom is 0.272 e. The minimum Gasteiger partial charge on any atom is -0.504 e. The minimum atomic E-state index is -0.257.